The van der Waals surface area contributed by atoms with Gasteiger partial charge < -0.3 is 4.90 Å². The lowest BCUT2D eigenvalue weighted by molar-refractivity contribution is 0.609. The van der Waals surface area contributed by atoms with E-state index < -0.39 is 0 Å². The third-order valence-corrected chi connectivity index (χ3v) is 4.47. The highest BCUT2D eigenvalue weighted by atomic mass is 35.5. The fourth-order valence-corrected chi connectivity index (χ4v) is 3.43. The number of aromatic nitrogens is 2. The summed E-state index contributed by atoms with van der Waals surface area (Å²) in [5.41, 5.74) is 0. The zero-order valence-corrected chi connectivity index (χ0v) is 14.1. The van der Waals surface area contributed by atoms with E-state index in [1.807, 2.05) is 0 Å². The zero-order chi connectivity index (χ0) is 15.4. The minimum atomic E-state index is 0.271. The molecule has 0 fully saturated rings. The molecule has 0 unspecified atom stereocenters. The molecule has 0 atom stereocenters. The summed E-state index contributed by atoms with van der Waals surface area (Å²) >= 11 is 7.74. The van der Waals surface area contributed by atoms with Crippen molar-refractivity contribution in [1.29, 1.82) is 5.26 Å². The van der Waals surface area contributed by atoms with Crippen molar-refractivity contribution in [3.05, 3.63) is 16.2 Å². The molecule has 0 aliphatic rings. The van der Waals surface area contributed by atoms with E-state index in [1.165, 1.54) is 4.88 Å². The molecule has 0 aromatic carbocycles. The van der Waals surface area contributed by atoms with Crippen LogP contribution >= 0.6 is 22.9 Å². The number of nitriles is 1. The Morgan fingerprint density at radius 3 is 2.81 bits per heavy atom. The maximum Gasteiger partial charge on any atom is 0.225 e. The van der Waals surface area contributed by atoms with Crippen LogP contribution in [-0.2, 0) is 6.42 Å². The van der Waals surface area contributed by atoms with Gasteiger partial charge in [-0.25, -0.2) is 4.98 Å². The number of nitrogens with zero attached hydrogens (tertiary/aromatic N) is 4. The number of fused-ring (bicyclic) bond motifs is 1. The number of thiophene rings is 1. The molecule has 0 N–H and O–H groups in total. The van der Waals surface area contributed by atoms with E-state index in [4.69, 9.17) is 16.9 Å². The average molecular weight is 323 g/mol. The lowest BCUT2D eigenvalue weighted by atomic mass is 10.2. The van der Waals surface area contributed by atoms with Crippen molar-refractivity contribution < 1.29 is 0 Å². The van der Waals surface area contributed by atoms with E-state index in [9.17, 15) is 0 Å². The first-order chi connectivity index (χ1) is 10.0. The molecule has 2 aromatic rings. The molecule has 112 valence electrons. The third-order valence-electron chi connectivity index (χ3n) is 3.12. The predicted molar refractivity (Wildman–Crippen MR) is 89.1 cm³/mol. The lowest BCUT2D eigenvalue weighted by Crippen LogP contribution is -2.29. The summed E-state index contributed by atoms with van der Waals surface area (Å²) in [5, 5.41) is 10.2. The molecule has 2 aromatic heterocycles. The average Bonchev–Trinajstić information content (AvgIpc) is 2.85. The normalized spacial score (nSPS) is 11.0. The second-order valence-electron chi connectivity index (χ2n) is 5.35. The molecule has 0 spiro atoms. The van der Waals surface area contributed by atoms with Crippen LogP contribution in [0.1, 0.15) is 32.1 Å². The Hall–Kier alpha value is -1.38. The Morgan fingerprint density at radius 2 is 2.19 bits per heavy atom. The van der Waals surface area contributed by atoms with E-state index in [1.54, 1.807) is 11.3 Å². The van der Waals surface area contributed by atoms with E-state index in [2.05, 4.69) is 47.8 Å². The molecule has 0 aliphatic heterocycles. The molecular weight excluding hydrogens is 304 g/mol. The number of halogens is 1. The van der Waals surface area contributed by atoms with Crippen LogP contribution in [0.2, 0.25) is 5.28 Å². The van der Waals surface area contributed by atoms with Crippen molar-refractivity contribution >= 4 is 39.0 Å². The van der Waals surface area contributed by atoms with Crippen molar-refractivity contribution in [3.63, 3.8) is 0 Å². The van der Waals surface area contributed by atoms with Gasteiger partial charge in [0.05, 0.1) is 17.9 Å². The largest absolute Gasteiger partial charge is 0.355 e. The number of anilines is 1. The summed E-state index contributed by atoms with van der Waals surface area (Å²) in [6, 6.07) is 4.35. The Labute approximate surface area is 134 Å². The van der Waals surface area contributed by atoms with E-state index in [0.29, 0.717) is 18.9 Å². The van der Waals surface area contributed by atoms with Crippen LogP contribution in [0.3, 0.4) is 0 Å². The maximum atomic E-state index is 8.87. The van der Waals surface area contributed by atoms with E-state index >= 15 is 0 Å². The fraction of sp³-hybridized carbons (Fsp3) is 0.533. The topological polar surface area (TPSA) is 52.8 Å². The molecule has 6 heteroatoms. The smallest absolute Gasteiger partial charge is 0.225 e. The summed E-state index contributed by atoms with van der Waals surface area (Å²) in [6.07, 6.45) is 1.45. The highest BCUT2D eigenvalue weighted by Gasteiger charge is 2.17. The SMILES string of the molecule is CCc1cc2c(N(CCC#N)CC(C)C)nc(Cl)nc2s1. The number of hydrogen-bond donors (Lipinski definition) is 0. The van der Waals surface area contributed by atoms with Crippen LogP contribution in [-0.4, -0.2) is 23.1 Å². The summed E-state index contributed by atoms with van der Waals surface area (Å²) in [4.78, 5) is 13.1. The second kappa shape index (κ2) is 7.06. The maximum absolute atomic E-state index is 8.87. The van der Waals surface area contributed by atoms with Gasteiger partial charge in [-0.05, 0) is 30.0 Å². The minimum absolute atomic E-state index is 0.271. The lowest BCUT2D eigenvalue weighted by Gasteiger charge is -2.25. The van der Waals surface area contributed by atoms with Crippen LogP contribution in [0.15, 0.2) is 6.07 Å². The van der Waals surface area contributed by atoms with Gasteiger partial charge in [0, 0.05) is 18.0 Å². The molecular formula is C15H19ClN4S. The predicted octanol–water partition coefficient (Wildman–Crippen LogP) is 4.28. The van der Waals surface area contributed by atoms with Crippen LogP contribution in [0.25, 0.3) is 10.2 Å². The number of aryl methyl sites for hydroxylation is 1. The first-order valence-electron chi connectivity index (χ1n) is 7.13. The molecule has 0 saturated carbocycles. The molecule has 0 bridgehead atoms. The molecule has 0 radical (unpaired) electrons. The quantitative estimate of drug-likeness (QED) is 0.745. The van der Waals surface area contributed by atoms with Crippen molar-refractivity contribution in [2.75, 3.05) is 18.0 Å². The summed E-state index contributed by atoms with van der Waals surface area (Å²) in [7, 11) is 0. The van der Waals surface area contributed by atoms with Gasteiger partial charge in [-0.3, -0.25) is 0 Å². The molecule has 21 heavy (non-hydrogen) atoms. The Kier molecular flexibility index (Phi) is 5.38. The zero-order valence-electron chi connectivity index (χ0n) is 12.6. The highest BCUT2D eigenvalue weighted by molar-refractivity contribution is 7.18. The Balaban J connectivity index is 2.49. The van der Waals surface area contributed by atoms with E-state index in [0.717, 1.165) is 29.0 Å². The second-order valence-corrected chi connectivity index (χ2v) is 6.80. The van der Waals surface area contributed by atoms with Crippen molar-refractivity contribution in [3.8, 4) is 6.07 Å². The molecule has 0 aliphatic carbocycles. The number of hydrogen-bond acceptors (Lipinski definition) is 5. The summed E-state index contributed by atoms with van der Waals surface area (Å²) in [6.45, 7) is 7.95. The molecule has 0 amide bonds. The first-order valence-corrected chi connectivity index (χ1v) is 8.32. The van der Waals surface area contributed by atoms with Gasteiger partial charge in [-0.15, -0.1) is 11.3 Å². The molecule has 2 rings (SSSR count). The van der Waals surface area contributed by atoms with Gasteiger partial charge in [0.15, 0.2) is 0 Å². The Morgan fingerprint density at radius 1 is 1.43 bits per heavy atom. The van der Waals surface area contributed by atoms with Crippen LogP contribution in [0, 0.1) is 17.2 Å². The van der Waals surface area contributed by atoms with Crippen LogP contribution in [0.5, 0.6) is 0 Å². The van der Waals surface area contributed by atoms with Crippen molar-refractivity contribution in [2.24, 2.45) is 5.92 Å². The van der Waals surface area contributed by atoms with Gasteiger partial charge in [0.1, 0.15) is 10.6 Å². The van der Waals surface area contributed by atoms with Crippen LogP contribution in [0.4, 0.5) is 5.82 Å². The third kappa shape index (κ3) is 3.84. The minimum Gasteiger partial charge on any atom is -0.355 e. The molecule has 4 nitrogen and oxygen atoms in total. The molecule has 0 saturated heterocycles. The van der Waals surface area contributed by atoms with Gasteiger partial charge >= 0.3 is 0 Å². The van der Waals surface area contributed by atoms with E-state index in [-0.39, 0.29) is 5.28 Å². The fourth-order valence-electron chi connectivity index (χ4n) is 2.26. The van der Waals surface area contributed by atoms with Crippen molar-refractivity contribution in [1.82, 2.24) is 9.97 Å². The standard InChI is InChI=1S/C15H19ClN4S/c1-4-11-8-12-13(18-15(16)19-14(12)21-11)20(7-5-6-17)9-10(2)3/h8,10H,4-5,7,9H2,1-3H3. The highest BCUT2D eigenvalue weighted by Crippen LogP contribution is 2.32. The number of rotatable bonds is 6. The van der Waals surface area contributed by atoms with Gasteiger partial charge in [0.2, 0.25) is 5.28 Å². The van der Waals surface area contributed by atoms with Gasteiger partial charge in [0.25, 0.3) is 0 Å². The van der Waals surface area contributed by atoms with Gasteiger partial charge in [-0.1, -0.05) is 20.8 Å². The van der Waals surface area contributed by atoms with Crippen molar-refractivity contribution in [2.45, 2.75) is 33.6 Å². The molecule has 2 heterocycles. The summed E-state index contributed by atoms with van der Waals surface area (Å²) < 4.78 is 0. The van der Waals surface area contributed by atoms with Gasteiger partial charge in [-0.2, -0.15) is 10.2 Å². The summed E-state index contributed by atoms with van der Waals surface area (Å²) in [5.74, 6) is 1.33. The Bertz CT molecular complexity index is 659. The van der Waals surface area contributed by atoms with Crippen LogP contribution < -0.4 is 4.90 Å². The first kappa shape index (κ1) is 16.0. The monoisotopic (exact) mass is 322 g/mol.